The number of benzene rings is 1. The molecule has 27 heavy (non-hydrogen) atoms. The van der Waals surface area contributed by atoms with Crippen LogP contribution in [0.2, 0.25) is 0 Å². The number of aryl methyl sites for hydroxylation is 2. The number of nitrogens with one attached hydrogen (secondary N) is 1. The minimum absolute atomic E-state index is 0.0156. The Morgan fingerprint density at radius 1 is 1.26 bits per heavy atom. The maximum atomic E-state index is 11.9. The van der Waals surface area contributed by atoms with E-state index < -0.39 is 0 Å². The molecule has 0 fully saturated rings. The highest BCUT2D eigenvalue weighted by molar-refractivity contribution is 5.76. The van der Waals surface area contributed by atoms with Crippen LogP contribution in [0.1, 0.15) is 25.2 Å². The predicted molar refractivity (Wildman–Crippen MR) is 101 cm³/mol. The SMILES string of the molecule is COc1ccc(-c2cnc(CCC(=O)NCCCCn3ccnc3)o2)cc1. The molecule has 142 valence electrons. The molecule has 0 aliphatic heterocycles. The summed E-state index contributed by atoms with van der Waals surface area (Å²) in [6, 6.07) is 7.58. The van der Waals surface area contributed by atoms with Gasteiger partial charge in [0.1, 0.15) is 5.75 Å². The Labute approximate surface area is 158 Å². The van der Waals surface area contributed by atoms with Crippen LogP contribution in [0, 0.1) is 0 Å². The maximum Gasteiger partial charge on any atom is 0.220 e. The molecule has 1 N–H and O–H groups in total. The predicted octanol–water partition coefficient (Wildman–Crippen LogP) is 3.08. The molecular formula is C20H24N4O3. The largest absolute Gasteiger partial charge is 0.497 e. The van der Waals surface area contributed by atoms with E-state index in [1.165, 1.54) is 0 Å². The van der Waals surface area contributed by atoms with E-state index in [4.69, 9.17) is 9.15 Å². The van der Waals surface area contributed by atoms with Crippen molar-refractivity contribution in [3.63, 3.8) is 0 Å². The number of methoxy groups -OCH3 is 1. The number of ether oxygens (including phenoxy) is 1. The Bertz CT molecular complexity index is 825. The molecular weight excluding hydrogens is 344 g/mol. The number of unbranched alkanes of at least 4 members (excludes halogenated alkanes) is 1. The normalized spacial score (nSPS) is 10.7. The Kier molecular flexibility index (Phi) is 6.62. The molecule has 0 aliphatic rings. The van der Waals surface area contributed by atoms with Crippen molar-refractivity contribution >= 4 is 5.91 Å². The molecule has 0 saturated carbocycles. The minimum Gasteiger partial charge on any atom is -0.497 e. The van der Waals surface area contributed by atoms with Gasteiger partial charge in [-0.3, -0.25) is 4.79 Å². The van der Waals surface area contributed by atoms with Gasteiger partial charge >= 0.3 is 0 Å². The first-order valence-corrected chi connectivity index (χ1v) is 9.06. The quantitative estimate of drug-likeness (QED) is 0.556. The Morgan fingerprint density at radius 3 is 2.85 bits per heavy atom. The number of carbonyl (C=O) groups is 1. The fourth-order valence-electron chi connectivity index (χ4n) is 2.69. The van der Waals surface area contributed by atoms with Crippen LogP contribution in [-0.2, 0) is 17.8 Å². The molecule has 0 radical (unpaired) electrons. The highest BCUT2D eigenvalue weighted by atomic mass is 16.5. The van der Waals surface area contributed by atoms with Crippen LogP contribution in [-0.4, -0.2) is 34.1 Å². The van der Waals surface area contributed by atoms with E-state index >= 15 is 0 Å². The molecule has 1 aromatic carbocycles. The van der Waals surface area contributed by atoms with Crippen molar-refractivity contribution in [1.29, 1.82) is 0 Å². The molecule has 0 unspecified atom stereocenters. The number of hydrogen-bond donors (Lipinski definition) is 1. The maximum absolute atomic E-state index is 11.9. The number of nitrogens with zero attached hydrogens (tertiary/aromatic N) is 3. The number of oxazole rings is 1. The van der Waals surface area contributed by atoms with Gasteiger partial charge in [-0.15, -0.1) is 0 Å². The molecule has 2 heterocycles. The molecule has 0 spiro atoms. The van der Waals surface area contributed by atoms with Gasteiger partial charge in [-0.25, -0.2) is 9.97 Å². The van der Waals surface area contributed by atoms with Crippen LogP contribution < -0.4 is 10.1 Å². The Balaban J connectivity index is 1.35. The lowest BCUT2D eigenvalue weighted by Gasteiger charge is -2.05. The van der Waals surface area contributed by atoms with Gasteiger partial charge in [0.15, 0.2) is 11.7 Å². The van der Waals surface area contributed by atoms with Crippen LogP contribution in [0.3, 0.4) is 0 Å². The van der Waals surface area contributed by atoms with Crippen LogP contribution in [0.25, 0.3) is 11.3 Å². The van der Waals surface area contributed by atoms with Crippen molar-refractivity contribution in [1.82, 2.24) is 19.9 Å². The average molecular weight is 368 g/mol. The van der Waals surface area contributed by atoms with Crippen LogP contribution >= 0.6 is 0 Å². The van der Waals surface area contributed by atoms with Gasteiger partial charge in [0, 0.05) is 43.9 Å². The van der Waals surface area contributed by atoms with Crippen LogP contribution in [0.4, 0.5) is 0 Å². The number of aromatic nitrogens is 3. The van der Waals surface area contributed by atoms with Crippen molar-refractivity contribution in [2.75, 3.05) is 13.7 Å². The molecule has 0 saturated heterocycles. The first-order valence-electron chi connectivity index (χ1n) is 9.06. The topological polar surface area (TPSA) is 82.2 Å². The smallest absolute Gasteiger partial charge is 0.220 e. The Morgan fingerprint density at radius 2 is 2.11 bits per heavy atom. The molecule has 7 nitrogen and oxygen atoms in total. The summed E-state index contributed by atoms with van der Waals surface area (Å²) in [6.45, 7) is 1.59. The number of hydrogen-bond acceptors (Lipinski definition) is 5. The van der Waals surface area contributed by atoms with Crippen molar-refractivity contribution in [3.05, 3.63) is 55.1 Å². The van der Waals surface area contributed by atoms with Gasteiger partial charge in [0.25, 0.3) is 0 Å². The van der Waals surface area contributed by atoms with Crippen LogP contribution in [0.5, 0.6) is 5.75 Å². The second-order valence-corrected chi connectivity index (χ2v) is 6.20. The van der Waals surface area contributed by atoms with E-state index in [9.17, 15) is 4.79 Å². The molecule has 3 rings (SSSR count). The number of imidazole rings is 1. The number of carbonyl (C=O) groups excluding carboxylic acids is 1. The van der Waals surface area contributed by atoms with E-state index in [1.807, 2.05) is 35.0 Å². The zero-order valence-electron chi connectivity index (χ0n) is 15.4. The molecule has 0 bridgehead atoms. The monoisotopic (exact) mass is 368 g/mol. The number of rotatable bonds is 10. The molecule has 3 aromatic rings. The highest BCUT2D eigenvalue weighted by Gasteiger charge is 2.09. The third kappa shape index (κ3) is 5.70. The summed E-state index contributed by atoms with van der Waals surface area (Å²) in [5.74, 6) is 2.06. The Hall–Kier alpha value is -3.09. The lowest BCUT2D eigenvalue weighted by molar-refractivity contribution is -0.121. The van der Waals surface area contributed by atoms with Crippen molar-refractivity contribution < 1.29 is 13.9 Å². The summed E-state index contributed by atoms with van der Waals surface area (Å²) in [5.41, 5.74) is 0.928. The zero-order valence-corrected chi connectivity index (χ0v) is 15.4. The van der Waals surface area contributed by atoms with Gasteiger partial charge < -0.3 is 19.0 Å². The second kappa shape index (κ2) is 9.56. The summed E-state index contributed by atoms with van der Waals surface area (Å²) in [4.78, 5) is 20.2. The second-order valence-electron chi connectivity index (χ2n) is 6.20. The summed E-state index contributed by atoms with van der Waals surface area (Å²) < 4.78 is 12.9. The summed E-state index contributed by atoms with van der Waals surface area (Å²) in [6.07, 6.45) is 9.98. The van der Waals surface area contributed by atoms with E-state index in [0.717, 1.165) is 30.7 Å². The third-order valence-electron chi connectivity index (χ3n) is 4.22. The van der Waals surface area contributed by atoms with Gasteiger partial charge in [-0.1, -0.05) is 0 Å². The standard InChI is InChI=1S/C20H24N4O3/c1-26-17-6-4-16(5-7-17)18-14-23-20(27-18)9-8-19(25)22-10-2-3-12-24-13-11-21-15-24/h4-7,11,13-15H,2-3,8-10,12H2,1H3,(H,22,25). The lowest BCUT2D eigenvalue weighted by Crippen LogP contribution is -2.24. The van der Waals surface area contributed by atoms with Gasteiger partial charge in [-0.2, -0.15) is 0 Å². The van der Waals surface area contributed by atoms with Gasteiger partial charge in [0.05, 0.1) is 19.6 Å². The molecule has 7 heteroatoms. The lowest BCUT2D eigenvalue weighted by atomic mass is 10.2. The van der Waals surface area contributed by atoms with E-state index in [0.29, 0.717) is 31.0 Å². The van der Waals surface area contributed by atoms with E-state index in [1.54, 1.807) is 25.8 Å². The van der Waals surface area contributed by atoms with Crippen molar-refractivity contribution in [2.45, 2.75) is 32.2 Å². The summed E-state index contributed by atoms with van der Waals surface area (Å²) >= 11 is 0. The van der Waals surface area contributed by atoms with Crippen molar-refractivity contribution in [3.8, 4) is 17.1 Å². The summed E-state index contributed by atoms with van der Waals surface area (Å²) in [5, 5.41) is 2.94. The number of amides is 1. The zero-order chi connectivity index (χ0) is 18.9. The first kappa shape index (κ1) is 18.7. The van der Waals surface area contributed by atoms with E-state index in [2.05, 4.69) is 15.3 Å². The molecule has 0 aliphatic carbocycles. The van der Waals surface area contributed by atoms with Crippen molar-refractivity contribution in [2.24, 2.45) is 0 Å². The molecule has 1 amide bonds. The van der Waals surface area contributed by atoms with E-state index in [-0.39, 0.29) is 5.91 Å². The third-order valence-corrected chi connectivity index (χ3v) is 4.22. The minimum atomic E-state index is 0.0156. The highest BCUT2D eigenvalue weighted by Crippen LogP contribution is 2.23. The summed E-state index contributed by atoms with van der Waals surface area (Å²) in [7, 11) is 1.63. The average Bonchev–Trinajstić information content (AvgIpc) is 3.38. The van der Waals surface area contributed by atoms with Crippen LogP contribution in [0.15, 0.2) is 53.6 Å². The fourth-order valence-corrected chi connectivity index (χ4v) is 2.69. The first-order chi connectivity index (χ1) is 13.2. The molecule has 2 aromatic heterocycles. The van der Waals surface area contributed by atoms with Gasteiger partial charge in [-0.05, 0) is 37.1 Å². The molecule has 0 atom stereocenters. The fraction of sp³-hybridized carbons (Fsp3) is 0.350. The van der Waals surface area contributed by atoms with Gasteiger partial charge in [0.2, 0.25) is 5.91 Å².